The van der Waals surface area contributed by atoms with Crippen LogP contribution in [0.4, 0.5) is 5.69 Å². The monoisotopic (exact) mass is 488 g/mol. The van der Waals surface area contributed by atoms with E-state index in [1.807, 2.05) is 47.5 Å². The summed E-state index contributed by atoms with van der Waals surface area (Å²) in [6.07, 6.45) is 3.74. The summed E-state index contributed by atoms with van der Waals surface area (Å²) in [6, 6.07) is 20.0. The van der Waals surface area contributed by atoms with Crippen molar-refractivity contribution in [2.75, 3.05) is 4.90 Å². The van der Waals surface area contributed by atoms with Crippen molar-refractivity contribution in [3.8, 4) is 0 Å². The summed E-state index contributed by atoms with van der Waals surface area (Å²) >= 11 is 12.4. The van der Waals surface area contributed by atoms with Crippen LogP contribution in [-0.4, -0.2) is 28.5 Å². The fourth-order valence-corrected chi connectivity index (χ4v) is 6.04. The molecule has 0 N–H and O–H groups in total. The highest BCUT2D eigenvalue weighted by molar-refractivity contribution is 6.37. The molecule has 34 heavy (non-hydrogen) atoms. The number of ketones is 1. The Kier molecular flexibility index (Phi) is 4.87. The molecule has 2 fully saturated rings. The minimum Gasteiger partial charge on any atom is -0.358 e. The Morgan fingerprint density at radius 3 is 2.29 bits per heavy atom. The summed E-state index contributed by atoms with van der Waals surface area (Å²) in [5, 5.41) is 0.633. The van der Waals surface area contributed by atoms with E-state index >= 15 is 0 Å². The Labute approximate surface area is 206 Å². The second-order valence-corrected chi connectivity index (χ2v) is 9.51. The van der Waals surface area contributed by atoms with E-state index in [0.717, 1.165) is 11.1 Å². The van der Waals surface area contributed by atoms with Gasteiger partial charge in [-0.3, -0.25) is 14.4 Å². The Morgan fingerprint density at radius 1 is 0.824 bits per heavy atom. The molecule has 0 bridgehead atoms. The Morgan fingerprint density at radius 2 is 1.53 bits per heavy atom. The van der Waals surface area contributed by atoms with E-state index in [1.165, 1.54) is 11.0 Å². The second kappa shape index (κ2) is 7.83. The molecule has 4 atom stereocenters. The molecule has 3 aliphatic heterocycles. The van der Waals surface area contributed by atoms with Crippen molar-refractivity contribution in [2.24, 2.45) is 11.8 Å². The number of imide groups is 1. The summed E-state index contributed by atoms with van der Waals surface area (Å²) in [5.41, 5.74) is 2.68. The summed E-state index contributed by atoms with van der Waals surface area (Å²) in [6.45, 7) is 0. The number of anilines is 1. The van der Waals surface area contributed by atoms with Gasteiger partial charge in [-0.15, -0.1) is 0 Å². The van der Waals surface area contributed by atoms with Gasteiger partial charge in [-0.1, -0.05) is 65.7 Å². The molecule has 0 radical (unpaired) electrons. The molecule has 5 nitrogen and oxygen atoms in total. The van der Waals surface area contributed by atoms with Gasteiger partial charge in [0.2, 0.25) is 11.8 Å². The van der Waals surface area contributed by atoms with Crippen molar-refractivity contribution < 1.29 is 14.4 Å². The van der Waals surface area contributed by atoms with Gasteiger partial charge in [-0.25, -0.2) is 4.90 Å². The van der Waals surface area contributed by atoms with E-state index in [-0.39, 0.29) is 28.2 Å². The number of amides is 2. The molecular weight excluding hydrogens is 471 g/mol. The zero-order valence-corrected chi connectivity index (χ0v) is 19.3. The minimum atomic E-state index is -0.872. The van der Waals surface area contributed by atoms with Crippen LogP contribution in [0.15, 0.2) is 79.0 Å². The maximum absolute atomic E-state index is 13.9. The number of halogens is 2. The molecule has 168 valence electrons. The molecule has 3 heterocycles. The molecular formula is C27H18Cl2N2O3. The standard InChI is InChI=1S/C27H18Cl2N2O3/c28-16-10-11-19(20(29)14-16)25(32)24-22-21(23-18-9-5-4-6-15(18)12-13-30(23)24)26(33)31(27(22)34)17-7-2-1-3-8-17/h1-14,21-24H/t21-,22+,23?,24-/m0/s1. The fraction of sp³-hybridized carbons (Fsp3) is 0.148. The highest BCUT2D eigenvalue weighted by Crippen LogP contribution is 2.53. The number of benzene rings is 3. The van der Waals surface area contributed by atoms with Crippen LogP contribution < -0.4 is 4.90 Å². The lowest BCUT2D eigenvalue weighted by molar-refractivity contribution is -0.123. The Balaban J connectivity index is 1.51. The van der Waals surface area contributed by atoms with Gasteiger partial charge in [0.1, 0.15) is 6.04 Å². The average Bonchev–Trinajstić information content (AvgIpc) is 3.32. The van der Waals surface area contributed by atoms with Crippen LogP contribution in [0.25, 0.3) is 6.08 Å². The summed E-state index contributed by atoms with van der Waals surface area (Å²) < 4.78 is 0. The van der Waals surface area contributed by atoms with Crippen molar-refractivity contribution in [1.29, 1.82) is 0 Å². The van der Waals surface area contributed by atoms with Gasteiger partial charge in [0, 0.05) is 16.8 Å². The first-order valence-electron chi connectivity index (χ1n) is 10.9. The van der Waals surface area contributed by atoms with Gasteiger partial charge in [-0.05, 0) is 47.5 Å². The van der Waals surface area contributed by atoms with Crippen LogP contribution in [0, 0.1) is 11.8 Å². The van der Waals surface area contributed by atoms with E-state index < -0.39 is 23.9 Å². The molecule has 2 amide bonds. The van der Waals surface area contributed by atoms with Crippen molar-refractivity contribution in [3.05, 3.63) is 106 Å². The maximum atomic E-state index is 13.9. The van der Waals surface area contributed by atoms with E-state index in [0.29, 0.717) is 10.7 Å². The van der Waals surface area contributed by atoms with Crippen LogP contribution in [0.5, 0.6) is 0 Å². The summed E-state index contributed by atoms with van der Waals surface area (Å²) in [5.74, 6) is -2.51. The smallest absolute Gasteiger partial charge is 0.240 e. The van der Waals surface area contributed by atoms with Gasteiger partial charge >= 0.3 is 0 Å². The topological polar surface area (TPSA) is 57.7 Å². The molecule has 6 rings (SSSR count). The fourth-order valence-electron chi connectivity index (χ4n) is 5.54. The molecule has 0 aliphatic carbocycles. The van der Waals surface area contributed by atoms with E-state index in [9.17, 15) is 14.4 Å². The van der Waals surface area contributed by atoms with E-state index in [1.54, 1.807) is 36.4 Å². The van der Waals surface area contributed by atoms with Crippen molar-refractivity contribution in [1.82, 2.24) is 4.90 Å². The largest absolute Gasteiger partial charge is 0.358 e. The quantitative estimate of drug-likeness (QED) is 0.366. The van der Waals surface area contributed by atoms with Crippen LogP contribution in [0.3, 0.4) is 0 Å². The number of para-hydroxylation sites is 1. The maximum Gasteiger partial charge on any atom is 0.240 e. The number of rotatable bonds is 3. The number of hydrogen-bond donors (Lipinski definition) is 0. The third kappa shape index (κ3) is 2.97. The zero-order valence-electron chi connectivity index (χ0n) is 17.8. The predicted molar refractivity (Wildman–Crippen MR) is 131 cm³/mol. The van der Waals surface area contributed by atoms with Crippen molar-refractivity contribution >= 4 is 52.6 Å². The number of hydrogen-bond acceptors (Lipinski definition) is 4. The lowest BCUT2D eigenvalue weighted by Gasteiger charge is -2.35. The first kappa shape index (κ1) is 21.1. The molecule has 3 aromatic carbocycles. The Bertz CT molecular complexity index is 1390. The van der Waals surface area contributed by atoms with E-state index in [4.69, 9.17) is 23.2 Å². The lowest BCUT2D eigenvalue weighted by Crippen LogP contribution is -2.44. The normalized spacial score (nSPS) is 24.8. The minimum absolute atomic E-state index is 0.218. The average molecular weight is 489 g/mol. The van der Waals surface area contributed by atoms with E-state index in [2.05, 4.69) is 0 Å². The molecule has 0 spiro atoms. The van der Waals surface area contributed by atoms with Crippen LogP contribution >= 0.6 is 23.2 Å². The highest BCUT2D eigenvalue weighted by Gasteiger charge is 2.64. The first-order valence-corrected chi connectivity index (χ1v) is 11.7. The summed E-state index contributed by atoms with van der Waals surface area (Å²) in [7, 11) is 0. The zero-order chi connectivity index (χ0) is 23.6. The molecule has 7 heteroatoms. The molecule has 3 aliphatic rings. The van der Waals surface area contributed by atoms with Crippen molar-refractivity contribution in [2.45, 2.75) is 12.1 Å². The van der Waals surface area contributed by atoms with Crippen LogP contribution in [-0.2, 0) is 9.59 Å². The Hall–Kier alpha value is -3.41. The van der Waals surface area contributed by atoms with Gasteiger partial charge in [0.05, 0.1) is 28.6 Å². The number of carbonyl (C=O) groups excluding carboxylic acids is 3. The van der Waals surface area contributed by atoms with Gasteiger partial charge in [-0.2, -0.15) is 0 Å². The molecule has 2 saturated heterocycles. The highest BCUT2D eigenvalue weighted by atomic mass is 35.5. The number of fused-ring (bicyclic) bond motifs is 5. The number of Topliss-reactive ketones (excluding diaryl/α,β-unsaturated/α-hetero) is 1. The summed E-state index contributed by atoms with van der Waals surface area (Å²) in [4.78, 5) is 44.6. The molecule has 0 aromatic heterocycles. The number of nitrogens with zero attached hydrogens (tertiary/aromatic N) is 2. The lowest BCUT2D eigenvalue weighted by atomic mass is 9.83. The third-order valence-electron chi connectivity index (χ3n) is 6.94. The van der Waals surface area contributed by atoms with Crippen molar-refractivity contribution in [3.63, 3.8) is 0 Å². The van der Waals surface area contributed by atoms with Gasteiger partial charge in [0.15, 0.2) is 5.78 Å². The molecule has 1 unspecified atom stereocenters. The van der Waals surface area contributed by atoms with Gasteiger partial charge < -0.3 is 4.90 Å². The molecule has 0 saturated carbocycles. The number of carbonyl (C=O) groups is 3. The first-order chi connectivity index (χ1) is 16.5. The molecule has 3 aromatic rings. The third-order valence-corrected chi connectivity index (χ3v) is 7.49. The van der Waals surface area contributed by atoms with Crippen LogP contribution in [0.1, 0.15) is 27.5 Å². The second-order valence-electron chi connectivity index (χ2n) is 8.67. The van der Waals surface area contributed by atoms with Crippen LogP contribution in [0.2, 0.25) is 10.0 Å². The predicted octanol–water partition coefficient (Wildman–Crippen LogP) is 5.39. The van der Waals surface area contributed by atoms with Gasteiger partial charge in [0.25, 0.3) is 0 Å². The SMILES string of the molecule is O=C(c1ccc(Cl)cc1Cl)[C@@H]1[C@@H]2C(=O)N(c3ccccc3)C(=O)[C@@H]2C2c3ccccc3C=CN21.